The number of hydrogen-bond acceptors (Lipinski definition) is 3. The molecule has 0 radical (unpaired) electrons. The van der Waals surface area contributed by atoms with Gasteiger partial charge in [0.1, 0.15) is 0 Å². The molecule has 2 unspecified atom stereocenters. The van der Waals surface area contributed by atoms with Crippen molar-refractivity contribution in [1.82, 2.24) is 5.32 Å². The fourth-order valence-corrected chi connectivity index (χ4v) is 2.70. The first-order chi connectivity index (χ1) is 8.72. The number of nitrogens with zero attached hydrogens (tertiary/aromatic N) is 1. The highest BCUT2D eigenvalue weighted by atomic mass is 16.3. The third-order valence-corrected chi connectivity index (χ3v) is 3.85. The molecule has 1 fully saturated rings. The normalized spacial score (nSPS) is 24.9. The van der Waals surface area contributed by atoms with Crippen molar-refractivity contribution in [1.29, 1.82) is 0 Å². The predicted octanol–water partition coefficient (Wildman–Crippen LogP) is 1.93. The second kappa shape index (κ2) is 6.21. The van der Waals surface area contributed by atoms with Crippen LogP contribution in [-0.4, -0.2) is 36.9 Å². The number of hydrogen-bond donors (Lipinski definition) is 2. The van der Waals surface area contributed by atoms with E-state index >= 15 is 0 Å². The molecule has 0 aliphatic carbocycles. The number of aryl methyl sites for hydroxylation is 1. The standard InChI is InChI=1S/C15H24N2O/c1-12-5-3-4-6-15(12)17-11-14(8-10-18)16-9-7-13(17)2/h3-6,13-14,16,18H,7-11H2,1-2H3. The summed E-state index contributed by atoms with van der Waals surface area (Å²) in [5, 5.41) is 12.7. The van der Waals surface area contributed by atoms with Crippen LogP contribution in [0.25, 0.3) is 0 Å². The van der Waals surface area contributed by atoms with Crippen LogP contribution < -0.4 is 10.2 Å². The van der Waals surface area contributed by atoms with Gasteiger partial charge in [0.05, 0.1) is 0 Å². The molecule has 0 aromatic heterocycles. The molecule has 1 aromatic carbocycles. The van der Waals surface area contributed by atoms with Crippen LogP contribution >= 0.6 is 0 Å². The van der Waals surface area contributed by atoms with E-state index in [-0.39, 0.29) is 6.61 Å². The van der Waals surface area contributed by atoms with Crippen molar-refractivity contribution in [3.8, 4) is 0 Å². The van der Waals surface area contributed by atoms with Gasteiger partial charge in [0.25, 0.3) is 0 Å². The number of nitrogens with one attached hydrogen (secondary N) is 1. The molecule has 0 saturated carbocycles. The molecule has 1 heterocycles. The number of benzene rings is 1. The summed E-state index contributed by atoms with van der Waals surface area (Å²) in [5.74, 6) is 0. The van der Waals surface area contributed by atoms with E-state index in [4.69, 9.17) is 5.11 Å². The highest BCUT2D eigenvalue weighted by molar-refractivity contribution is 5.54. The van der Waals surface area contributed by atoms with Gasteiger partial charge in [0, 0.05) is 30.9 Å². The number of anilines is 1. The quantitative estimate of drug-likeness (QED) is 0.858. The molecule has 0 bridgehead atoms. The van der Waals surface area contributed by atoms with Gasteiger partial charge in [0.15, 0.2) is 0 Å². The van der Waals surface area contributed by atoms with E-state index in [0.717, 1.165) is 25.9 Å². The van der Waals surface area contributed by atoms with Crippen LogP contribution in [0.2, 0.25) is 0 Å². The molecule has 100 valence electrons. The van der Waals surface area contributed by atoms with E-state index in [0.29, 0.717) is 12.1 Å². The first-order valence-electron chi connectivity index (χ1n) is 6.89. The van der Waals surface area contributed by atoms with Crippen LogP contribution in [0.1, 0.15) is 25.3 Å². The van der Waals surface area contributed by atoms with E-state index in [1.54, 1.807) is 0 Å². The van der Waals surface area contributed by atoms with Gasteiger partial charge in [-0.2, -0.15) is 0 Å². The predicted molar refractivity (Wildman–Crippen MR) is 76.1 cm³/mol. The first kappa shape index (κ1) is 13.4. The van der Waals surface area contributed by atoms with Crippen molar-refractivity contribution in [3.63, 3.8) is 0 Å². The lowest BCUT2D eigenvalue weighted by Gasteiger charge is -2.32. The summed E-state index contributed by atoms with van der Waals surface area (Å²) >= 11 is 0. The van der Waals surface area contributed by atoms with E-state index in [1.807, 2.05) is 0 Å². The average molecular weight is 248 g/mol. The molecular weight excluding hydrogens is 224 g/mol. The Balaban J connectivity index is 2.20. The summed E-state index contributed by atoms with van der Waals surface area (Å²) in [6.45, 7) is 6.73. The van der Waals surface area contributed by atoms with E-state index < -0.39 is 0 Å². The summed E-state index contributed by atoms with van der Waals surface area (Å²) in [6.07, 6.45) is 1.98. The number of aliphatic hydroxyl groups excluding tert-OH is 1. The molecule has 2 N–H and O–H groups in total. The van der Waals surface area contributed by atoms with E-state index in [1.165, 1.54) is 11.3 Å². The molecule has 2 atom stereocenters. The summed E-state index contributed by atoms with van der Waals surface area (Å²) < 4.78 is 0. The van der Waals surface area contributed by atoms with Crippen molar-refractivity contribution in [2.45, 2.75) is 38.8 Å². The van der Waals surface area contributed by atoms with Crippen molar-refractivity contribution in [2.24, 2.45) is 0 Å². The maximum atomic E-state index is 9.13. The molecule has 1 aromatic rings. The average Bonchev–Trinajstić information content (AvgIpc) is 2.53. The highest BCUT2D eigenvalue weighted by Crippen LogP contribution is 2.24. The monoisotopic (exact) mass is 248 g/mol. The van der Waals surface area contributed by atoms with Gasteiger partial charge < -0.3 is 15.3 Å². The van der Waals surface area contributed by atoms with Crippen molar-refractivity contribution in [3.05, 3.63) is 29.8 Å². The lowest BCUT2D eigenvalue weighted by molar-refractivity contribution is 0.267. The molecule has 1 aliphatic rings. The number of para-hydroxylation sites is 1. The molecular formula is C15H24N2O. The van der Waals surface area contributed by atoms with Gasteiger partial charge in [-0.05, 0) is 44.9 Å². The van der Waals surface area contributed by atoms with Crippen LogP contribution in [0, 0.1) is 6.92 Å². The van der Waals surface area contributed by atoms with Gasteiger partial charge in [-0.15, -0.1) is 0 Å². The topological polar surface area (TPSA) is 35.5 Å². The van der Waals surface area contributed by atoms with Crippen LogP contribution in [0.5, 0.6) is 0 Å². The minimum atomic E-state index is 0.258. The summed E-state index contributed by atoms with van der Waals surface area (Å²) in [6, 6.07) is 9.50. The summed E-state index contributed by atoms with van der Waals surface area (Å²) in [4.78, 5) is 2.48. The molecule has 1 aliphatic heterocycles. The zero-order valence-corrected chi connectivity index (χ0v) is 11.4. The Bertz CT molecular complexity index is 381. The summed E-state index contributed by atoms with van der Waals surface area (Å²) in [5.41, 5.74) is 2.66. The molecule has 1 saturated heterocycles. The van der Waals surface area contributed by atoms with E-state index in [9.17, 15) is 0 Å². The van der Waals surface area contributed by atoms with Crippen molar-refractivity contribution >= 4 is 5.69 Å². The van der Waals surface area contributed by atoms with Crippen molar-refractivity contribution in [2.75, 3.05) is 24.6 Å². The minimum absolute atomic E-state index is 0.258. The lowest BCUT2D eigenvalue weighted by atomic mass is 10.1. The zero-order valence-electron chi connectivity index (χ0n) is 11.4. The zero-order chi connectivity index (χ0) is 13.0. The van der Waals surface area contributed by atoms with Gasteiger partial charge in [-0.1, -0.05) is 18.2 Å². The van der Waals surface area contributed by atoms with Gasteiger partial charge in [-0.25, -0.2) is 0 Å². The fourth-order valence-electron chi connectivity index (χ4n) is 2.70. The Morgan fingerprint density at radius 3 is 2.89 bits per heavy atom. The number of aliphatic hydroxyl groups is 1. The van der Waals surface area contributed by atoms with Gasteiger partial charge >= 0.3 is 0 Å². The summed E-state index contributed by atoms with van der Waals surface area (Å²) in [7, 11) is 0. The molecule has 0 spiro atoms. The van der Waals surface area contributed by atoms with Crippen molar-refractivity contribution < 1.29 is 5.11 Å². The van der Waals surface area contributed by atoms with Gasteiger partial charge in [0.2, 0.25) is 0 Å². The van der Waals surface area contributed by atoms with Crippen LogP contribution in [0.3, 0.4) is 0 Å². The Morgan fingerprint density at radius 1 is 1.39 bits per heavy atom. The molecule has 3 nitrogen and oxygen atoms in total. The third kappa shape index (κ3) is 3.03. The lowest BCUT2D eigenvalue weighted by Crippen LogP contribution is -2.41. The number of rotatable bonds is 3. The first-order valence-corrected chi connectivity index (χ1v) is 6.89. The second-order valence-electron chi connectivity index (χ2n) is 5.24. The molecule has 2 rings (SSSR count). The largest absolute Gasteiger partial charge is 0.396 e. The Hall–Kier alpha value is -1.06. The maximum absolute atomic E-state index is 9.13. The smallest absolute Gasteiger partial charge is 0.0446 e. The highest BCUT2D eigenvalue weighted by Gasteiger charge is 2.23. The third-order valence-electron chi connectivity index (χ3n) is 3.85. The van der Waals surface area contributed by atoms with Crippen LogP contribution in [-0.2, 0) is 0 Å². The van der Waals surface area contributed by atoms with Crippen LogP contribution in [0.15, 0.2) is 24.3 Å². The Kier molecular flexibility index (Phi) is 4.61. The molecule has 3 heteroatoms. The van der Waals surface area contributed by atoms with Gasteiger partial charge in [-0.3, -0.25) is 0 Å². The minimum Gasteiger partial charge on any atom is -0.396 e. The SMILES string of the molecule is Cc1ccccc1N1CC(CCO)NCCC1C. The Labute approximate surface area is 110 Å². The maximum Gasteiger partial charge on any atom is 0.0446 e. The molecule has 18 heavy (non-hydrogen) atoms. The molecule has 0 amide bonds. The second-order valence-corrected chi connectivity index (χ2v) is 5.24. The van der Waals surface area contributed by atoms with E-state index in [2.05, 4.69) is 48.3 Å². The fraction of sp³-hybridized carbons (Fsp3) is 0.600. The van der Waals surface area contributed by atoms with Crippen LogP contribution in [0.4, 0.5) is 5.69 Å². The Morgan fingerprint density at radius 2 is 2.17 bits per heavy atom.